The lowest BCUT2D eigenvalue weighted by atomic mass is 10.2. The van der Waals surface area contributed by atoms with Gasteiger partial charge in [0.2, 0.25) is 0 Å². The van der Waals surface area contributed by atoms with E-state index in [-0.39, 0.29) is 11.9 Å². The second-order valence-corrected chi connectivity index (χ2v) is 7.38. The Morgan fingerprint density at radius 1 is 1.43 bits per heavy atom. The van der Waals surface area contributed by atoms with Crippen molar-refractivity contribution in [3.05, 3.63) is 4.88 Å². The summed E-state index contributed by atoms with van der Waals surface area (Å²) in [5.74, 6) is 1.13. The average molecular weight is 308 g/mol. The Balaban J connectivity index is 1.78. The Hall–Kier alpha value is -1.30. The number of thiazole rings is 1. The molecule has 1 saturated carbocycles. The van der Waals surface area contributed by atoms with Gasteiger partial charge >= 0.3 is 0 Å². The zero-order valence-corrected chi connectivity index (χ0v) is 13.7. The molecule has 0 unspecified atom stereocenters. The van der Waals surface area contributed by atoms with E-state index in [0.29, 0.717) is 16.6 Å². The van der Waals surface area contributed by atoms with Crippen LogP contribution in [0.1, 0.15) is 49.2 Å². The first-order valence-electron chi connectivity index (χ1n) is 7.88. The molecule has 2 N–H and O–H groups in total. The van der Waals surface area contributed by atoms with E-state index in [2.05, 4.69) is 23.7 Å². The normalized spacial score (nSPS) is 18.5. The summed E-state index contributed by atoms with van der Waals surface area (Å²) in [6.45, 7) is 7.04. The fourth-order valence-electron chi connectivity index (χ4n) is 2.75. The van der Waals surface area contributed by atoms with Gasteiger partial charge in [0, 0.05) is 25.7 Å². The number of hydrogen-bond acceptors (Lipinski definition) is 5. The minimum atomic E-state index is 0.0531. The molecule has 0 spiro atoms. The van der Waals surface area contributed by atoms with Crippen LogP contribution >= 0.6 is 11.3 Å². The number of nitrogen functional groups attached to an aromatic ring is 1. The number of carbonyl (C=O) groups excluding carboxylic acids is 1. The van der Waals surface area contributed by atoms with Crippen molar-refractivity contribution in [2.24, 2.45) is 5.92 Å². The third-order valence-corrected chi connectivity index (χ3v) is 5.37. The van der Waals surface area contributed by atoms with Gasteiger partial charge < -0.3 is 15.5 Å². The highest BCUT2D eigenvalue weighted by Gasteiger charge is 2.31. The first-order chi connectivity index (χ1) is 10.1. The number of amides is 1. The summed E-state index contributed by atoms with van der Waals surface area (Å²) < 4.78 is 0. The summed E-state index contributed by atoms with van der Waals surface area (Å²) in [5.41, 5.74) is 6.02. The van der Waals surface area contributed by atoms with Crippen LogP contribution in [0, 0.1) is 5.92 Å². The predicted octanol–water partition coefficient (Wildman–Crippen LogP) is 2.59. The lowest BCUT2D eigenvalue weighted by Gasteiger charge is -2.26. The first-order valence-corrected chi connectivity index (χ1v) is 8.70. The van der Waals surface area contributed by atoms with Crippen molar-refractivity contribution in [1.82, 2.24) is 9.88 Å². The molecule has 1 aromatic rings. The standard InChI is InChI=1S/C15H24N4OS/c1-10(2)19(9-11-5-6-11)14(20)12-13(16)17-15(21-12)18-7-3-4-8-18/h10-11H,3-9,16H2,1-2H3. The fourth-order valence-corrected chi connectivity index (χ4v) is 3.75. The monoisotopic (exact) mass is 308 g/mol. The van der Waals surface area contributed by atoms with Crippen molar-refractivity contribution in [3.63, 3.8) is 0 Å². The number of nitrogens with zero attached hydrogens (tertiary/aromatic N) is 3. The van der Waals surface area contributed by atoms with Crippen LogP contribution in [-0.2, 0) is 0 Å². The van der Waals surface area contributed by atoms with Crippen LogP contribution in [0.4, 0.5) is 10.9 Å². The van der Waals surface area contributed by atoms with Crippen LogP contribution in [0.25, 0.3) is 0 Å². The van der Waals surface area contributed by atoms with Gasteiger partial charge in [-0.2, -0.15) is 0 Å². The molecule has 116 valence electrons. The molecule has 2 heterocycles. The van der Waals surface area contributed by atoms with Gasteiger partial charge in [-0.1, -0.05) is 11.3 Å². The molecule has 21 heavy (non-hydrogen) atoms. The van der Waals surface area contributed by atoms with Gasteiger partial charge in [0.25, 0.3) is 5.91 Å². The Morgan fingerprint density at radius 3 is 2.67 bits per heavy atom. The number of nitrogens with two attached hydrogens (primary N) is 1. The van der Waals surface area contributed by atoms with Crippen LogP contribution in [0.15, 0.2) is 0 Å². The molecule has 1 aromatic heterocycles. The fraction of sp³-hybridized carbons (Fsp3) is 0.733. The van der Waals surface area contributed by atoms with E-state index >= 15 is 0 Å². The van der Waals surface area contributed by atoms with Gasteiger partial charge in [-0.15, -0.1) is 0 Å². The summed E-state index contributed by atoms with van der Waals surface area (Å²) in [7, 11) is 0. The van der Waals surface area contributed by atoms with Gasteiger partial charge in [-0.3, -0.25) is 4.79 Å². The van der Waals surface area contributed by atoms with Crippen molar-refractivity contribution in [2.75, 3.05) is 30.3 Å². The van der Waals surface area contributed by atoms with E-state index in [0.717, 1.165) is 24.8 Å². The molecular weight excluding hydrogens is 284 g/mol. The summed E-state index contributed by atoms with van der Waals surface area (Å²) in [6, 6.07) is 0.204. The molecule has 3 rings (SSSR count). The van der Waals surface area contributed by atoms with Crippen molar-refractivity contribution < 1.29 is 4.79 Å². The van der Waals surface area contributed by atoms with Crippen molar-refractivity contribution in [1.29, 1.82) is 0 Å². The Morgan fingerprint density at radius 2 is 2.10 bits per heavy atom. The smallest absolute Gasteiger partial charge is 0.268 e. The van der Waals surface area contributed by atoms with Crippen LogP contribution in [0.2, 0.25) is 0 Å². The average Bonchev–Trinajstić information content (AvgIpc) is 2.94. The van der Waals surface area contributed by atoms with Gasteiger partial charge in [0.15, 0.2) is 5.13 Å². The topological polar surface area (TPSA) is 62.5 Å². The minimum Gasteiger partial charge on any atom is -0.382 e. The van der Waals surface area contributed by atoms with Crippen LogP contribution in [-0.4, -0.2) is 41.5 Å². The molecule has 6 heteroatoms. The molecule has 1 aliphatic carbocycles. The van der Waals surface area contributed by atoms with Gasteiger partial charge in [-0.25, -0.2) is 4.98 Å². The molecule has 0 aromatic carbocycles. The lowest BCUT2D eigenvalue weighted by molar-refractivity contribution is 0.0702. The minimum absolute atomic E-state index is 0.0531. The number of aromatic nitrogens is 1. The quantitative estimate of drug-likeness (QED) is 0.908. The van der Waals surface area contributed by atoms with Crippen molar-refractivity contribution in [3.8, 4) is 0 Å². The molecule has 5 nitrogen and oxygen atoms in total. The Labute approximate surface area is 130 Å². The van der Waals surface area contributed by atoms with Gasteiger partial charge in [-0.05, 0) is 45.4 Å². The van der Waals surface area contributed by atoms with Crippen LogP contribution in [0.5, 0.6) is 0 Å². The highest BCUT2D eigenvalue weighted by atomic mass is 32.1. The van der Waals surface area contributed by atoms with Gasteiger partial charge in [0.05, 0.1) is 0 Å². The Kier molecular flexibility index (Phi) is 4.06. The third kappa shape index (κ3) is 3.15. The second-order valence-electron chi connectivity index (χ2n) is 6.40. The SMILES string of the molecule is CC(C)N(CC1CC1)C(=O)c1sc(N2CCCC2)nc1N. The maximum atomic E-state index is 12.8. The first kappa shape index (κ1) is 14.6. The maximum Gasteiger partial charge on any atom is 0.268 e. The maximum absolute atomic E-state index is 12.8. The summed E-state index contributed by atoms with van der Waals surface area (Å²) in [5, 5.41) is 0.906. The van der Waals surface area contributed by atoms with Crippen LogP contribution < -0.4 is 10.6 Å². The van der Waals surface area contributed by atoms with E-state index < -0.39 is 0 Å². The second kappa shape index (κ2) is 5.83. The van der Waals surface area contributed by atoms with E-state index in [1.807, 2.05) is 4.90 Å². The molecule has 0 radical (unpaired) electrons. The largest absolute Gasteiger partial charge is 0.382 e. The summed E-state index contributed by atoms with van der Waals surface area (Å²) >= 11 is 1.46. The van der Waals surface area contributed by atoms with E-state index in [4.69, 9.17) is 5.73 Å². The lowest BCUT2D eigenvalue weighted by Crippen LogP contribution is -2.38. The molecular formula is C15H24N4OS. The predicted molar refractivity (Wildman–Crippen MR) is 86.9 cm³/mol. The Bertz CT molecular complexity index is 518. The molecule has 2 aliphatic rings. The zero-order chi connectivity index (χ0) is 15.0. The number of carbonyl (C=O) groups is 1. The highest BCUT2D eigenvalue weighted by Crippen LogP contribution is 2.34. The number of rotatable bonds is 5. The van der Waals surface area contributed by atoms with E-state index in [1.165, 1.54) is 37.0 Å². The van der Waals surface area contributed by atoms with E-state index in [1.54, 1.807) is 0 Å². The highest BCUT2D eigenvalue weighted by molar-refractivity contribution is 7.18. The zero-order valence-electron chi connectivity index (χ0n) is 12.8. The van der Waals surface area contributed by atoms with Crippen LogP contribution in [0.3, 0.4) is 0 Å². The number of hydrogen-bond donors (Lipinski definition) is 1. The molecule has 1 saturated heterocycles. The molecule has 0 atom stereocenters. The summed E-state index contributed by atoms with van der Waals surface area (Å²) in [6.07, 6.45) is 4.88. The molecule has 1 aliphatic heterocycles. The van der Waals surface area contributed by atoms with Crippen molar-refractivity contribution in [2.45, 2.75) is 45.6 Å². The molecule has 1 amide bonds. The number of anilines is 2. The third-order valence-electron chi connectivity index (χ3n) is 4.25. The van der Waals surface area contributed by atoms with Crippen molar-refractivity contribution >= 4 is 28.2 Å². The van der Waals surface area contributed by atoms with E-state index in [9.17, 15) is 4.79 Å². The van der Waals surface area contributed by atoms with Gasteiger partial charge in [0.1, 0.15) is 10.7 Å². The summed E-state index contributed by atoms with van der Waals surface area (Å²) in [4.78, 5) is 22.0. The molecule has 0 bridgehead atoms. The molecule has 2 fully saturated rings.